The van der Waals surface area contributed by atoms with E-state index >= 15 is 0 Å². The molecule has 4 nitrogen and oxygen atoms in total. The number of carbonyl (C=O) groups is 1. The molecule has 0 aromatic heterocycles. The number of nitrogens with one attached hydrogen (secondary N) is 1. The summed E-state index contributed by atoms with van der Waals surface area (Å²) in [6.07, 6.45) is 2.28. The van der Waals surface area contributed by atoms with E-state index < -0.39 is 0 Å². The van der Waals surface area contributed by atoms with Crippen LogP contribution in [0.4, 0.5) is 4.79 Å². The molecule has 1 N–H and O–H groups in total. The van der Waals surface area contributed by atoms with Crippen molar-refractivity contribution >= 4 is 13.3 Å². The van der Waals surface area contributed by atoms with E-state index in [9.17, 15) is 4.79 Å². The molecule has 2 saturated heterocycles. The van der Waals surface area contributed by atoms with Crippen molar-refractivity contribution in [3.05, 3.63) is 0 Å². The first kappa shape index (κ1) is 7.92. The molecule has 0 spiro atoms. The van der Waals surface area contributed by atoms with Crippen LogP contribution in [0.25, 0.3) is 0 Å². The molecular formula is C7H13BN3O. The zero-order valence-electron chi connectivity index (χ0n) is 7.29. The Kier molecular flexibility index (Phi) is 1.96. The quantitative estimate of drug-likeness (QED) is 0.559. The molecule has 65 valence electrons. The Morgan fingerprint density at radius 2 is 2.50 bits per heavy atom. The monoisotopic (exact) mass is 166 g/mol. The summed E-state index contributed by atoms with van der Waals surface area (Å²) in [6, 6.07) is 0.0570. The number of hydrazine groups is 1. The van der Waals surface area contributed by atoms with Crippen LogP contribution in [0.1, 0.15) is 12.8 Å². The summed E-state index contributed by atoms with van der Waals surface area (Å²) in [7, 11) is 2.16. The molecule has 0 bridgehead atoms. The topological polar surface area (TPSA) is 35.6 Å². The lowest BCUT2D eigenvalue weighted by atomic mass is 9.69. The summed E-state index contributed by atoms with van der Waals surface area (Å²) in [5, 5.41) is 6.74. The van der Waals surface area contributed by atoms with Gasteiger partial charge in [-0.2, -0.15) is 0 Å². The van der Waals surface area contributed by atoms with Gasteiger partial charge in [0.15, 0.2) is 0 Å². The number of fused-ring (bicyclic) bond motifs is 1. The number of rotatable bonds is 1. The minimum atomic E-state index is 0.0570. The summed E-state index contributed by atoms with van der Waals surface area (Å²) in [5.41, 5.74) is 0. The number of carbonyl (C=O) groups excluding carboxylic acids is 1. The number of urea groups is 1. The molecule has 2 aliphatic heterocycles. The second-order valence-corrected chi connectivity index (χ2v) is 3.25. The third-order valence-electron chi connectivity index (χ3n) is 2.57. The third-order valence-corrected chi connectivity index (χ3v) is 2.57. The van der Waals surface area contributed by atoms with Gasteiger partial charge in [0.25, 0.3) is 0 Å². The van der Waals surface area contributed by atoms with Gasteiger partial charge in [-0.15, -0.1) is 0 Å². The Morgan fingerprint density at radius 3 is 3.25 bits per heavy atom. The lowest BCUT2D eigenvalue weighted by molar-refractivity contribution is 0.00797. The highest BCUT2D eigenvalue weighted by Crippen LogP contribution is 2.19. The smallest absolute Gasteiger partial charge is 0.322 e. The Labute approximate surface area is 73.1 Å². The predicted octanol–water partition coefficient (Wildman–Crippen LogP) is 0.0583. The van der Waals surface area contributed by atoms with Gasteiger partial charge in [0.05, 0.1) is 6.67 Å². The van der Waals surface area contributed by atoms with Crippen molar-refractivity contribution in [3.8, 4) is 0 Å². The SMILES string of the molecule is C[B]C1CCCN2C(=O)NCN12. The molecule has 2 fully saturated rings. The molecular weight excluding hydrogens is 153 g/mol. The molecule has 0 saturated carbocycles. The zero-order chi connectivity index (χ0) is 8.55. The van der Waals surface area contributed by atoms with E-state index in [2.05, 4.69) is 24.4 Å². The van der Waals surface area contributed by atoms with Crippen LogP contribution in [0.2, 0.25) is 6.82 Å². The van der Waals surface area contributed by atoms with Crippen LogP contribution < -0.4 is 5.32 Å². The van der Waals surface area contributed by atoms with E-state index in [1.807, 2.05) is 5.01 Å². The molecule has 0 aromatic rings. The van der Waals surface area contributed by atoms with Gasteiger partial charge in [0.1, 0.15) is 7.28 Å². The minimum absolute atomic E-state index is 0.0570. The highest BCUT2D eigenvalue weighted by Gasteiger charge is 2.35. The maximum absolute atomic E-state index is 11.2. The van der Waals surface area contributed by atoms with Crippen molar-refractivity contribution < 1.29 is 4.79 Å². The van der Waals surface area contributed by atoms with Crippen LogP contribution >= 0.6 is 0 Å². The van der Waals surface area contributed by atoms with Crippen molar-refractivity contribution in [2.75, 3.05) is 13.2 Å². The van der Waals surface area contributed by atoms with E-state index in [-0.39, 0.29) is 6.03 Å². The van der Waals surface area contributed by atoms with Gasteiger partial charge in [0.2, 0.25) is 0 Å². The van der Waals surface area contributed by atoms with Crippen LogP contribution in [0.5, 0.6) is 0 Å². The molecule has 1 radical (unpaired) electrons. The molecule has 1 unspecified atom stereocenters. The Morgan fingerprint density at radius 1 is 1.67 bits per heavy atom. The van der Waals surface area contributed by atoms with Gasteiger partial charge in [-0.1, -0.05) is 6.82 Å². The van der Waals surface area contributed by atoms with Crippen molar-refractivity contribution in [2.45, 2.75) is 25.6 Å². The van der Waals surface area contributed by atoms with E-state index in [1.54, 1.807) is 0 Å². The predicted molar refractivity (Wildman–Crippen MR) is 46.6 cm³/mol. The molecule has 0 aromatic carbocycles. The average molecular weight is 166 g/mol. The number of hydrogen-bond acceptors (Lipinski definition) is 2. The van der Waals surface area contributed by atoms with E-state index in [4.69, 9.17) is 0 Å². The Balaban J connectivity index is 2.09. The first-order chi connectivity index (χ1) is 5.83. The van der Waals surface area contributed by atoms with Crippen molar-refractivity contribution in [3.63, 3.8) is 0 Å². The van der Waals surface area contributed by atoms with Gasteiger partial charge in [-0.3, -0.25) is 5.01 Å². The van der Waals surface area contributed by atoms with Crippen LogP contribution in [0.15, 0.2) is 0 Å². The minimum Gasteiger partial charge on any atom is -0.322 e. The molecule has 0 aliphatic carbocycles. The van der Waals surface area contributed by atoms with Crippen LogP contribution in [-0.2, 0) is 0 Å². The first-order valence-electron chi connectivity index (χ1n) is 4.44. The Bertz CT molecular complexity index is 199. The fourth-order valence-corrected chi connectivity index (χ4v) is 1.91. The second kappa shape index (κ2) is 2.97. The molecule has 5 heteroatoms. The largest absolute Gasteiger partial charge is 0.333 e. The zero-order valence-corrected chi connectivity index (χ0v) is 7.29. The van der Waals surface area contributed by atoms with E-state index in [0.29, 0.717) is 12.6 Å². The Hall–Kier alpha value is -0.705. The lowest BCUT2D eigenvalue weighted by Gasteiger charge is -2.37. The maximum atomic E-state index is 11.2. The van der Waals surface area contributed by atoms with Gasteiger partial charge >= 0.3 is 6.03 Å². The van der Waals surface area contributed by atoms with E-state index in [1.165, 1.54) is 6.42 Å². The van der Waals surface area contributed by atoms with Gasteiger partial charge in [-0.25, -0.2) is 9.80 Å². The van der Waals surface area contributed by atoms with Crippen molar-refractivity contribution in [1.82, 2.24) is 15.3 Å². The second-order valence-electron chi connectivity index (χ2n) is 3.25. The highest BCUT2D eigenvalue weighted by atomic mass is 16.2. The van der Waals surface area contributed by atoms with Gasteiger partial charge in [-0.05, 0) is 12.8 Å². The molecule has 12 heavy (non-hydrogen) atoms. The fourth-order valence-electron chi connectivity index (χ4n) is 1.91. The standard InChI is InChI=1S/C7H13BN3O/c1-8-6-3-2-4-10-7(12)9-5-11(6)10/h6H,2-5H2,1H3,(H,9,12). The van der Waals surface area contributed by atoms with Gasteiger partial charge < -0.3 is 5.32 Å². The van der Waals surface area contributed by atoms with Crippen LogP contribution in [-0.4, -0.2) is 42.5 Å². The van der Waals surface area contributed by atoms with Crippen molar-refractivity contribution in [2.24, 2.45) is 0 Å². The normalized spacial score (nSPS) is 29.9. The molecule has 2 rings (SSSR count). The summed E-state index contributed by atoms with van der Waals surface area (Å²) in [4.78, 5) is 11.2. The van der Waals surface area contributed by atoms with Crippen molar-refractivity contribution in [1.29, 1.82) is 0 Å². The molecule has 2 amide bonds. The average Bonchev–Trinajstić information content (AvgIpc) is 2.48. The summed E-state index contributed by atoms with van der Waals surface area (Å²) in [5.74, 6) is 0.442. The van der Waals surface area contributed by atoms with Crippen LogP contribution in [0.3, 0.4) is 0 Å². The maximum Gasteiger partial charge on any atom is 0.333 e. The third kappa shape index (κ3) is 1.08. The molecule has 2 aliphatic rings. The lowest BCUT2D eigenvalue weighted by Crippen LogP contribution is -2.51. The first-order valence-corrected chi connectivity index (χ1v) is 4.44. The fraction of sp³-hybridized carbons (Fsp3) is 0.857. The van der Waals surface area contributed by atoms with E-state index in [0.717, 1.165) is 13.0 Å². The molecule has 1 atom stereocenters. The number of hydrogen-bond donors (Lipinski definition) is 1. The number of amides is 2. The molecule has 2 heterocycles. The summed E-state index contributed by atoms with van der Waals surface area (Å²) >= 11 is 0. The van der Waals surface area contributed by atoms with Crippen LogP contribution in [0, 0.1) is 0 Å². The van der Waals surface area contributed by atoms with Gasteiger partial charge in [0, 0.05) is 12.5 Å². The highest BCUT2D eigenvalue weighted by molar-refractivity contribution is 6.35. The summed E-state index contributed by atoms with van der Waals surface area (Å²) < 4.78 is 0. The number of nitrogens with zero attached hydrogens (tertiary/aromatic N) is 2. The summed E-state index contributed by atoms with van der Waals surface area (Å²) in [6.45, 7) is 3.60.